The van der Waals surface area contributed by atoms with Crippen LogP contribution in [0.4, 0.5) is 4.79 Å². The van der Waals surface area contributed by atoms with E-state index in [2.05, 4.69) is 16.0 Å². The molecule has 4 N–H and O–H groups in total. The average Bonchev–Trinajstić information content (AvgIpc) is 2.78. The number of amides is 3. The Labute approximate surface area is 105 Å². The minimum atomic E-state index is -1.14. The highest BCUT2D eigenvalue weighted by Crippen LogP contribution is 2.29. The number of hydrogen-bond donors (Lipinski definition) is 4. The zero-order valence-electron chi connectivity index (χ0n) is 10.4. The van der Waals surface area contributed by atoms with Crippen molar-refractivity contribution in [3.8, 4) is 0 Å². The van der Waals surface area contributed by atoms with Gasteiger partial charge in [0.15, 0.2) is 0 Å². The molecule has 3 amide bonds. The van der Waals surface area contributed by atoms with E-state index >= 15 is 0 Å². The van der Waals surface area contributed by atoms with E-state index in [1.165, 1.54) is 7.05 Å². The molecule has 0 aromatic carbocycles. The number of hydrogen-bond acceptors (Lipinski definition) is 3. The molecule has 0 bridgehead atoms. The molecular formula is C11H19N3O4. The summed E-state index contributed by atoms with van der Waals surface area (Å²) < 4.78 is 0. The van der Waals surface area contributed by atoms with Gasteiger partial charge >= 0.3 is 12.0 Å². The normalized spacial score (nSPS) is 16.9. The maximum Gasteiger partial charge on any atom is 0.329 e. The van der Waals surface area contributed by atoms with E-state index in [0.29, 0.717) is 12.8 Å². The SMILES string of the molecule is CNC(=O)CCNC(=O)NC1(C(=O)O)CCCC1. The fourth-order valence-corrected chi connectivity index (χ4v) is 2.05. The molecule has 7 heteroatoms. The van der Waals surface area contributed by atoms with Gasteiger partial charge in [-0.25, -0.2) is 9.59 Å². The standard InChI is InChI=1S/C11H19N3O4/c1-12-8(15)4-7-13-10(18)14-11(9(16)17)5-2-3-6-11/h2-7H2,1H3,(H,12,15)(H,16,17)(H2,13,14,18). The van der Waals surface area contributed by atoms with Crippen LogP contribution >= 0.6 is 0 Å². The molecule has 102 valence electrons. The van der Waals surface area contributed by atoms with Gasteiger partial charge in [-0.1, -0.05) is 12.8 Å². The van der Waals surface area contributed by atoms with Crippen molar-refractivity contribution < 1.29 is 19.5 Å². The second-order valence-corrected chi connectivity index (χ2v) is 4.40. The third-order valence-electron chi connectivity index (χ3n) is 3.14. The first-order valence-corrected chi connectivity index (χ1v) is 6.00. The monoisotopic (exact) mass is 257 g/mol. The minimum absolute atomic E-state index is 0.171. The van der Waals surface area contributed by atoms with Crippen LogP contribution in [-0.4, -0.2) is 42.1 Å². The Bertz CT molecular complexity index is 337. The predicted octanol–water partition coefficient (Wildman–Crippen LogP) is -0.181. The molecule has 0 atom stereocenters. The molecule has 1 rings (SSSR count). The molecule has 0 aliphatic heterocycles. The largest absolute Gasteiger partial charge is 0.480 e. The first-order chi connectivity index (χ1) is 8.50. The number of carboxylic acids is 1. The third-order valence-corrected chi connectivity index (χ3v) is 3.14. The Morgan fingerprint density at radius 2 is 1.83 bits per heavy atom. The smallest absolute Gasteiger partial charge is 0.329 e. The molecule has 1 saturated carbocycles. The molecule has 1 fully saturated rings. The molecule has 0 spiro atoms. The van der Waals surface area contributed by atoms with E-state index in [0.717, 1.165) is 12.8 Å². The lowest BCUT2D eigenvalue weighted by molar-refractivity contribution is -0.144. The summed E-state index contributed by atoms with van der Waals surface area (Å²) in [4.78, 5) is 33.7. The first kappa shape index (κ1) is 14.3. The Morgan fingerprint density at radius 3 is 2.33 bits per heavy atom. The van der Waals surface area contributed by atoms with Crippen molar-refractivity contribution in [3.63, 3.8) is 0 Å². The lowest BCUT2D eigenvalue weighted by Crippen LogP contribution is -2.55. The number of nitrogens with one attached hydrogen (secondary N) is 3. The van der Waals surface area contributed by atoms with Crippen molar-refractivity contribution in [2.45, 2.75) is 37.6 Å². The summed E-state index contributed by atoms with van der Waals surface area (Å²) in [6.07, 6.45) is 2.66. The van der Waals surface area contributed by atoms with Gasteiger partial charge in [0.1, 0.15) is 5.54 Å². The van der Waals surface area contributed by atoms with Crippen LogP contribution in [0.2, 0.25) is 0 Å². The summed E-state index contributed by atoms with van der Waals surface area (Å²) in [5.41, 5.74) is -1.14. The van der Waals surface area contributed by atoms with Crippen LogP contribution in [0.15, 0.2) is 0 Å². The van der Waals surface area contributed by atoms with Crippen LogP contribution in [0.1, 0.15) is 32.1 Å². The molecule has 0 radical (unpaired) electrons. The zero-order chi connectivity index (χ0) is 13.6. The molecule has 0 heterocycles. The summed E-state index contributed by atoms with van der Waals surface area (Å²) >= 11 is 0. The number of carbonyl (C=O) groups excluding carboxylic acids is 2. The lowest BCUT2D eigenvalue weighted by Gasteiger charge is -2.25. The van der Waals surface area contributed by atoms with E-state index in [1.54, 1.807) is 0 Å². The van der Waals surface area contributed by atoms with Crippen LogP contribution in [0.3, 0.4) is 0 Å². The van der Waals surface area contributed by atoms with Crippen molar-refractivity contribution in [2.75, 3.05) is 13.6 Å². The highest BCUT2D eigenvalue weighted by molar-refractivity contribution is 5.86. The Balaban J connectivity index is 2.38. The number of aliphatic carboxylic acids is 1. The molecule has 1 aliphatic rings. The predicted molar refractivity (Wildman–Crippen MR) is 64.1 cm³/mol. The Morgan fingerprint density at radius 1 is 1.22 bits per heavy atom. The molecule has 18 heavy (non-hydrogen) atoms. The van der Waals surface area contributed by atoms with E-state index in [4.69, 9.17) is 5.11 Å². The Hall–Kier alpha value is -1.79. The van der Waals surface area contributed by atoms with Crippen molar-refractivity contribution in [3.05, 3.63) is 0 Å². The van der Waals surface area contributed by atoms with Crippen molar-refractivity contribution in [1.82, 2.24) is 16.0 Å². The van der Waals surface area contributed by atoms with E-state index in [9.17, 15) is 14.4 Å². The summed E-state index contributed by atoms with van der Waals surface area (Å²) in [7, 11) is 1.51. The van der Waals surface area contributed by atoms with Gasteiger partial charge in [0, 0.05) is 20.0 Å². The van der Waals surface area contributed by atoms with Gasteiger partial charge in [-0.2, -0.15) is 0 Å². The highest BCUT2D eigenvalue weighted by atomic mass is 16.4. The summed E-state index contributed by atoms with van der Waals surface area (Å²) in [5.74, 6) is -1.18. The second kappa shape index (κ2) is 6.23. The molecule has 1 aliphatic carbocycles. The molecular weight excluding hydrogens is 238 g/mol. The van der Waals surface area contributed by atoms with Gasteiger partial charge in [0.05, 0.1) is 0 Å². The number of carbonyl (C=O) groups is 3. The van der Waals surface area contributed by atoms with E-state index in [-0.39, 0.29) is 18.9 Å². The fraction of sp³-hybridized carbons (Fsp3) is 0.727. The molecule has 0 unspecified atom stereocenters. The fourth-order valence-electron chi connectivity index (χ4n) is 2.05. The van der Waals surface area contributed by atoms with Crippen LogP contribution in [0.5, 0.6) is 0 Å². The summed E-state index contributed by atoms with van der Waals surface area (Å²) in [6, 6.07) is -0.539. The molecule has 7 nitrogen and oxygen atoms in total. The van der Waals surface area contributed by atoms with E-state index < -0.39 is 17.5 Å². The summed E-state index contributed by atoms with van der Waals surface area (Å²) in [6.45, 7) is 0.182. The van der Waals surface area contributed by atoms with Gasteiger partial charge in [-0.3, -0.25) is 4.79 Å². The number of urea groups is 1. The number of carboxylic acid groups (broad SMARTS) is 1. The van der Waals surface area contributed by atoms with Gasteiger partial charge < -0.3 is 21.1 Å². The van der Waals surface area contributed by atoms with E-state index in [1.807, 2.05) is 0 Å². The van der Waals surface area contributed by atoms with Crippen LogP contribution in [0.25, 0.3) is 0 Å². The molecule has 0 aromatic rings. The molecule has 0 saturated heterocycles. The Kier molecular flexibility index (Phi) is 4.94. The number of rotatable bonds is 5. The maximum atomic E-state index is 11.6. The second-order valence-electron chi connectivity index (χ2n) is 4.40. The third kappa shape index (κ3) is 3.61. The van der Waals surface area contributed by atoms with Crippen molar-refractivity contribution >= 4 is 17.9 Å². The quantitative estimate of drug-likeness (QED) is 0.548. The van der Waals surface area contributed by atoms with Crippen LogP contribution < -0.4 is 16.0 Å². The van der Waals surface area contributed by atoms with Gasteiger partial charge in [0.2, 0.25) is 5.91 Å². The topological polar surface area (TPSA) is 108 Å². The van der Waals surface area contributed by atoms with Crippen molar-refractivity contribution in [2.24, 2.45) is 0 Å². The van der Waals surface area contributed by atoms with Gasteiger partial charge in [0.25, 0.3) is 0 Å². The van der Waals surface area contributed by atoms with Gasteiger partial charge in [-0.15, -0.1) is 0 Å². The average molecular weight is 257 g/mol. The zero-order valence-corrected chi connectivity index (χ0v) is 10.4. The molecule has 0 aromatic heterocycles. The van der Waals surface area contributed by atoms with Crippen LogP contribution in [0, 0.1) is 0 Å². The maximum absolute atomic E-state index is 11.6. The lowest BCUT2D eigenvalue weighted by atomic mass is 9.98. The van der Waals surface area contributed by atoms with Crippen molar-refractivity contribution in [1.29, 1.82) is 0 Å². The van der Waals surface area contributed by atoms with Crippen LogP contribution in [-0.2, 0) is 9.59 Å². The first-order valence-electron chi connectivity index (χ1n) is 6.00. The highest BCUT2D eigenvalue weighted by Gasteiger charge is 2.42. The minimum Gasteiger partial charge on any atom is -0.480 e. The summed E-state index contributed by atoms with van der Waals surface area (Å²) in [5, 5.41) is 16.6. The van der Waals surface area contributed by atoms with Gasteiger partial charge in [-0.05, 0) is 12.8 Å².